The monoisotopic (exact) mass is 204 g/mol. The lowest BCUT2D eigenvalue weighted by Gasteiger charge is -2.07. The fourth-order valence-corrected chi connectivity index (χ4v) is 1.35. The summed E-state index contributed by atoms with van der Waals surface area (Å²) in [6.45, 7) is 0.720. The average molecular weight is 204 g/mol. The molecule has 0 saturated carbocycles. The molecule has 0 bridgehead atoms. The first-order valence-corrected chi connectivity index (χ1v) is 4.85. The predicted octanol–water partition coefficient (Wildman–Crippen LogP) is 1.89. The molecule has 1 aromatic carbocycles. The Kier molecular flexibility index (Phi) is 3.02. The van der Waals surface area contributed by atoms with Gasteiger partial charge in [-0.2, -0.15) is 0 Å². The lowest BCUT2D eigenvalue weighted by atomic mass is 10.2. The molecule has 1 aromatic rings. The van der Waals surface area contributed by atoms with E-state index in [1.165, 1.54) is 6.26 Å². The highest BCUT2D eigenvalue weighted by molar-refractivity contribution is 5.74. The molecule has 1 unspecified atom stereocenters. The number of benzene rings is 1. The Balaban J connectivity index is 1.83. The van der Waals surface area contributed by atoms with Gasteiger partial charge in [0.15, 0.2) is 0 Å². The van der Waals surface area contributed by atoms with E-state index in [-0.39, 0.29) is 11.9 Å². The third-order valence-corrected chi connectivity index (χ3v) is 2.21. The van der Waals surface area contributed by atoms with Crippen LogP contribution in [0.3, 0.4) is 0 Å². The fraction of sp³-hybridized carbons (Fsp3) is 0.250. The van der Waals surface area contributed by atoms with Gasteiger partial charge in [0, 0.05) is 0 Å². The van der Waals surface area contributed by atoms with Gasteiger partial charge in [0.05, 0.1) is 6.26 Å². The van der Waals surface area contributed by atoms with Crippen LogP contribution in [0.25, 0.3) is 0 Å². The molecule has 15 heavy (non-hydrogen) atoms. The molecular formula is C12H12O3. The molecular weight excluding hydrogens is 192 g/mol. The summed E-state index contributed by atoms with van der Waals surface area (Å²) in [7, 11) is 0. The van der Waals surface area contributed by atoms with E-state index in [2.05, 4.69) is 0 Å². The minimum absolute atomic E-state index is 0.229. The second-order valence-electron chi connectivity index (χ2n) is 3.36. The van der Waals surface area contributed by atoms with E-state index in [9.17, 15) is 4.79 Å². The van der Waals surface area contributed by atoms with Crippen molar-refractivity contribution < 1.29 is 14.3 Å². The van der Waals surface area contributed by atoms with E-state index in [0.29, 0.717) is 13.2 Å². The summed E-state index contributed by atoms with van der Waals surface area (Å²) < 4.78 is 10.1. The van der Waals surface area contributed by atoms with Crippen LogP contribution in [-0.4, -0.2) is 12.6 Å². The molecule has 1 aliphatic rings. The number of hydrogen-bond donors (Lipinski definition) is 0. The zero-order chi connectivity index (χ0) is 10.5. The van der Waals surface area contributed by atoms with Gasteiger partial charge in [-0.3, -0.25) is 4.79 Å². The van der Waals surface area contributed by atoms with Crippen molar-refractivity contribution in [3.8, 4) is 0 Å². The molecule has 2 rings (SSSR count). The molecule has 78 valence electrons. The van der Waals surface area contributed by atoms with Crippen molar-refractivity contribution in [1.29, 1.82) is 0 Å². The average Bonchev–Trinajstić information content (AvgIpc) is 2.81. The minimum atomic E-state index is -0.242. The van der Waals surface area contributed by atoms with Gasteiger partial charge in [0.25, 0.3) is 0 Å². The number of carbonyl (C=O) groups is 1. The van der Waals surface area contributed by atoms with Crippen LogP contribution in [0.1, 0.15) is 5.56 Å². The Morgan fingerprint density at radius 3 is 2.87 bits per heavy atom. The van der Waals surface area contributed by atoms with Crippen molar-refractivity contribution in [2.24, 2.45) is 5.92 Å². The van der Waals surface area contributed by atoms with E-state index in [0.717, 1.165) is 5.56 Å². The molecule has 0 aromatic heterocycles. The summed E-state index contributed by atoms with van der Waals surface area (Å²) in [5.74, 6) is -0.471. The third-order valence-electron chi connectivity index (χ3n) is 2.21. The van der Waals surface area contributed by atoms with Gasteiger partial charge in [0.2, 0.25) is 0 Å². The van der Waals surface area contributed by atoms with Gasteiger partial charge < -0.3 is 9.47 Å². The predicted molar refractivity (Wildman–Crippen MR) is 54.8 cm³/mol. The fourth-order valence-electron chi connectivity index (χ4n) is 1.35. The number of carbonyl (C=O) groups excluding carboxylic acids is 1. The topological polar surface area (TPSA) is 35.5 Å². The summed E-state index contributed by atoms with van der Waals surface area (Å²) in [6, 6.07) is 9.62. The lowest BCUT2D eigenvalue weighted by molar-refractivity contribution is -0.148. The smallest absolute Gasteiger partial charge is 0.316 e. The highest BCUT2D eigenvalue weighted by Crippen LogP contribution is 2.11. The number of rotatable bonds is 3. The number of esters is 1. The Morgan fingerprint density at radius 1 is 1.40 bits per heavy atom. The molecule has 0 spiro atoms. The Hall–Kier alpha value is -1.77. The number of ether oxygens (including phenoxy) is 2. The van der Waals surface area contributed by atoms with Gasteiger partial charge in [0.1, 0.15) is 19.1 Å². The summed E-state index contributed by atoms with van der Waals surface area (Å²) in [6.07, 6.45) is 3.25. The summed E-state index contributed by atoms with van der Waals surface area (Å²) in [5.41, 5.74) is 0.994. The molecule has 3 nitrogen and oxygen atoms in total. The third kappa shape index (κ3) is 2.59. The second-order valence-corrected chi connectivity index (χ2v) is 3.36. The minimum Gasteiger partial charge on any atom is -0.500 e. The Labute approximate surface area is 88.3 Å². The van der Waals surface area contributed by atoms with Gasteiger partial charge in [-0.25, -0.2) is 0 Å². The summed E-state index contributed by atoms with van der Waals surface area (Å²) in [5, 5.41) is 0. The SMILES string of the molecule is O=C(OCc1ccccc1)C1C=COC1. The zero-order valence-corrected chi connectivity index (χ0v) is 8.26. The van der Waals surface area contributed by atoms with Gasteiger partial charge in [-0.1, -0.05) is 30.3 Å². The highest BCUT2D eigenvalue weighted by Gasteiger charge is 2.20. The first-order chi connectivity index (χ1) is 7.36. The van der Waals surface area contributed by atoms with Gasteiger partial charge in [-0.15, -0.1) is 0 Å². The first kappa shape index (κ1) is 9.77. The molecule has 0 radical (unpaired) electrons. The van der Waals surface area contributed by atoms with E-state index in [1.54, 1.807) is 6.08 Å². The largest absolute Gasteiger partial charge is 0.500 e. The first-order valence-electron chi connectivity index (χ1n) is 4.85. The van der Waals surface area contributed by atoms with Crippen molar-refractivity contribution in [1.82, 2.24) is 0 Å². The molecule has 1 heterocycles. The molecule has 3 heteroatoms. The van der Waals surface area contributed by atoms with Crippen molar-refractivity contribution in [2.75, 3.05) is 6.61 Å². The van der Waals surface area contributed by atoms with Crippen molar-refractivity contribution in [2.45, 2.75) is 6.61 Å². The van der Waals surface area contributed by atoms with Crippen LogP contribution < -0.4 is 0 Å². The molecule has 0 saturated heterocycles. The van der Waals surface area contributed by atoms with Crippen LogP contribution in [0.5, 0.6) is 0 Å². The molecule has 1 atom stereocenters. The van der Waals surface area contributed by atoms with Crippen LogP contribution in [0.2, 0.25) is 0 Å². The standard InChI is InChI=1S/C12H12O3/c13-12(11-6-7-14-9-11)15-8-10-4-2-1-3-5-10/h1-7,11H,8-9H2. The van der Waals surface area contributed by atoms with Crippen LogP contribution in [-0.2, 0) is 20.9 Å². The molecule has 0 aliphatic carbocycles. The lowest BCUT2D eigenvalue weighted by Crippen LogP contribution is -2.17. The van der Waals surface area contributed by atoms with E-state index >= 15 is 0 Å². The summed E-state index contributed by atoms with van der Waals surface area (Å²) >= 11 is 0. The van der Waals surface area contributed by atoms with Crippen LogP contribution >= 0.6 is 0 Å². The normalized spacial score (nSPS) is 18.5. The maximum absolute atomic E-state index is 11.5. The van der Waals surface area contributed by atoms with Gasteiger partial charge in [-0.05, 0) is 11.6 Å². The highest BCUT2D eigenvalue weighted by atomic mass is 16.5. The quantitative estimate of drug-likeness (QED) is 0.705. The van der Waals surface area contributed by atoms with Crippen LogP contribution in [0.15, 0.2) is 42.7 Å². The molecule has 0 fully saturated rings. The van der Waals surface area contributed by atoms with E-state index < -0.39 is 0 Å². The summed E-state index contributed by atoms with van der Waals surface area (Å²) in [4.78, 5) is 11.5. The maximum atomic E-state index is 11.5. The Morgan fingerprint density at radius 2 is 2.20 bits per heavy atom. The van der Waals surface area contributed by atoms with Crippen molar-refractivity contribution in [3.63, 3.8) is 0 Å². The molecule has 1 aliphatic heterocycles. The van der Waals surface area contributed by atoms with E-state index in [1.807, 2.05) is 30.3 Å². The number of hydrogen-bond acceptors (Lipinski definition) is 3. The van der Waals surface area contributed by atoms with Crippen LogP contribution in [0.4, 0.5) is 0 Å². The Bertz CT molecular complexity index is 356. The zero-order valence-electron chi connectivity index (χ0n) is 8.26. The second kappa shape index (κ2) is 4.64. The van der Waals surface area contributed by atoms with E-state index in [4.69, 9.17) is 9.47 Å². The maximum Gasteiger partial charge on any atom is 0.316 e. The molecule has 0 N–H and O–H groups in total. The van der Waals surface area contributed by atoms with Crippen molar-refractivity contribution in [3.05, 3.63) is 48.2 Å². The van der Waals surface area contributed by atoms with Crippen LogP contribution in [0, 0.1) is 5.92 Å². The molecule has 0 amide bonds. The van der Waals surface area contributed by atoms with Gasteiger partial charge >= 0.3 is 5.97 Å². The van der Waals surface area contributed by atoms with Crippen molar-refractivity contribution >= 4 is 5.97 Å².